The van der Waals surface area contributed by atoms with Crippen molar-refractivity contribution in [2.24, 2.45) is 5.41 Å². The molecular weight excluding hydrogens is 276 g/mol. The molecule has 0 atom stereocenters. The second kappa shape index (κ2) is 6.99. The van der Waals surface area contributed by atoms with Crippen LogP contribution in [0, 0.1) is 5.41 Å². The molecule has 0 bridgehead atoms. The van der Waals surface area contributed by atoms with Crippen molar-refractivity contribution in [1.82, 2.24) is 10.2 Å². The number of ether oxygens (including phenoxy) is 2. The molecule has 0 radical (unpaired) electrons. The Morgan fingerprint density at radius 1 is 1.23 bits per heavy atom. The standard InChI is InChI=1S/C16H22N2O2.C2H6/c1-3-14(20-15-7-17-8-15)4-2-13(1)9-18-10-16(11-18)5-6-19-12-16;1-2/h1-4,15,17H,5-12H2;1-2H3. The second-order valence-electron chi connectivity index (χ2n) is 6.49. The second-order valence-corrected chi connectivity index (χ2v) is 6.49. The van der Waals surface area contributed by atoms with Crippen LogP contribution in [-0.4, -0.2) is 50.4 Å². The van der Waals surface area contributed by atoms with Gasteiger partial charge in [-0.05, 0) is 24.1 Å². The lowest BCUT2D eigenvalue weighted by molar-refractivity contribution is -0.0123. The molecule has 3 heterocycles. The summed E-state index contributed by atoms with van der Waals surface area (Å²) in [6.45, 7) is 11.3. The van der Waals surface area contributed by atoms with E-state index >= 15 is 0 Å². The maximum Gasteiger partial charge on any atom is 0.123 e. The van der Waals surface area contributed by atoms with Gasteiger partial charge in [0.15, 0.2) is 0 Å². The maximum absolute atomic E-state index is 5.83. The molecule has 0 amide bonds. The monoisotopic (exact) mass is 304 g/mol. The third kappa shape index (κ3) is 3.45. The van der Waals surface area contributed by atoms with Crippen LogP contribution < -0.4 is 10.1 Å². The molecule has 3 aliphatic rings. The summed E-state index contributed by atoms with van der Waals surface area (Å²) in [7, 11) is 0. The molecule has 3 aliphatic heterocycles. The van der Waals surface area contributed by atoms with E-state index in [-0.39, 0.29) is 0 Å². The van der Waals surface area contributed by atoms with Gasteiger partial charge in [0, 0.05) is 44.7 Å². The van der Waals surface area contributed by atoms with E-state index in [1.54, 1.807) is 0 Å². The molecule has 1 N–H and O–H groups in total. The molecule has 0 aliphatic carbocycles. The molecular formula is C18H28N2O2. The van der Waals surface area contributed by atoms with Crippen molar-refractivity contribution < 1.29 is 9.47 Å². The van der Waals surface area contributed by atoms with E-state index in [1.165, 1.54) is 25.1 Å². The van der Waals surface area contributed by atoms with E-state index in [9.17, 15) is 0 Å². The molecule has 0 unspecified atom stereocenters. The van der Waals surface area contributed by atoms with Crippen LogP contribution in [0.1, 0.15) is 25.8 Å². The van der Waals surface area contributed by atoms with Gasteiger partial charge in [-0.2, -0.15) is 0 Å². The summed E-state index contributed by atoms with van der Waals surface area (Å²) in [4.78, 5) is 2.51. The zero-order valence-corrected chi connectivity index (χ0v) is 13.8. The highest BCUT2D eigenvalue weighted by molar-refractivity contribution is 5.28. The van der Waals surface area contributed by atoms with Gasteiger partial charge in [-0.1, -0.05) is 26.0 Å². The molecule has 122 valence electrons. The molecule has 3 saturated heterocycles. The van der Waals surface area contributed by atoms with Gasteiger partial charge in [-0.3, -0.25) is 4.90 Å². The average molecular weight is 304 g/mol. The van der Waals surface area contributed by atoms with Crippen LogP contribution in [0.4, 0.5) is 0 Å². The van der Waals surface area contributed by atoms with E-state index in [0.29, 0.717) is 11.5 Å². The molecule has 0 aromatic heterocycles. The van der Waals surface area contributed by atoms with Crippen LogP contribution in [0.3, 0.4) is 0 Å². The first kappa shape index (κ1) is 15.8. The molecule has 1 aromatic carbocycles. The number of likely N-dealkylation sites (tertiary alicyclic amines) is 1. The van der Waals surface area contributed by atoms with Crippen LogP contribution in [-0.2, 0) is 11.3 Å². The van der Waals surface area contributed by atoms with Gasteiger partial charge in [0.05, 0.1) is 6.61 Å². The van der Waals surface area contributed by atoms with Crippen LogP contribution >= 0.6 is 0 Å². The third-order valence-electron chi connectivity index (χ3n) is 4.68. The van der Waals surface area contributed by atoms with Crippen molar-refractivity contribution >= 4 is 0 Å². The van der Waals surface area contributed by atoms with Crippen LogP contribution in [0.15, 0.2) is 24.3 Å². The number of benzene rings is 1. The lowest BCUT2D eigenvalue weighted by atomic mass is 9.79. The number of nitrogens with zero attached hydrogens (tertiary/aromatic N) is 1. The Kier molecular flexibility index (Phi) is 5.01. The van der Waals surface area contributed by atoms with Gasteiger partial charge in [0.25, 0.3) is 0 Å². The number of nitrogens with one attached hydrogen (secondary N) is 1. The molecule has 0 saturated carbocycles. The maximum atomic E-state index is 5.83. The summed E-state index contributed by atoms with van der Waals surface area (Å²) in [5.74, 6) is 0.990. The highest BCUT2D eigenvalue weighted by Crippen LogP contribution is 2.38. The Hall–Kier alpha value is -1.10. The topological polar surface area (TPSA) is 33.7 Å². The number of rotatable bonds is 4. The molecule has 3 fully saturated rings. The number of hydrogen-bond donors (Lipinski definition) is 1. The van der Waals surface area contributed by atoms with Crippen molar-refractivity contribution in [3.05, 3.63) is 29.8 Å². The number of hydrogen-bond acceptors (Lipinski definition) is 4. The summed E-state index contributed by atoms with van der Waals surface area (Å²) in [5, 5.41) is 3.22. The zero-order valence-electron chi connectivity index (χ0n) is 13.8. The molecule has 1 spiro atoms. The van der Waals surface area contributed by atoms with Crippen LogP contribution in [0.2, 0.25) is 0 Å². The molecule has 4 nitrogen and oxygen atoms in total. The van der Waals surface area contributed by atoms with Gasteiger partial charge in [-0.15, -0.1) is 0 Å². The van der Waals surface area contributed by atoms with E-state index in [1.807, 2.05) is 13.8 Å². The Morgan fingerprint density at radius 2 is 1.95 bits per heavy atom. The van der Waals surface area contributed by atoms with E-state index in [4.69, 9.17) is 9.47 Å². The summed E-state index contributed by atoms with van der Waals surface area (Å²) in [6, 6.07) is 8.58. The predicted molar refractivity (Wildman–Crippen MR) is 88.2 cm³/mol. The zero-order chi connectivity index (χ0) is 15.4. The Morgan fingerprint density at radius 3 is 2.50 bits per heavy atom. The summed E-state index contributed by atoms with van der Waals surface area (Å²) >= 11 is 0. The Labute approximate surface area is 133 Å². The fourth-order valence-electron chi connectivity index (χ4n) is 3.38. The lowest BCUT2D eigenvalue weighted by Crippen LogP contribution is -2.55. The average Bonchev–Trinajstić information content (AvgIpc) is 2.96. The van der Waals surface area contributed by atoms with Crippen LogP contribution in [0.25, 0.3) is 0 Å². The van der Waals surface area contributed by atoms with Crippen molar-refractivity contribution in [2.45, 2.75) is 32.9 Å². The highest BCUT2D eigenvalue weighted by atomic mass is 16.5. The largest absolute Gasteiger partial charge is 0.488 e. The Bertz CT molecular complexity index is 456. The normalized spacial score (nSPS) is 23.4. The van der Waals surface area contributed by atoms with Crippen molar-refractivity contribution in [2.75, 3.05) is 39.4 Å². The van der Waals surface area contributed by atoms with Gasteiger partial charge in [-0.25, -0.2) is 0 Å². The molecule has 1 aromatic rings. The SMILES string of the molecule is CC.c1cc(OC2CNC2)ccc1CN1CC2(CCOC2)C1. The molecule has 4 heteroatoms. The fraction of sp³-hybridized carbons (Fsp3) is 0.667. The fourth-order valence-corrected chi connectivity index (χ4v) is 3.38. The van der Waals surface area contributed by atoms with E-state index in [2.05, 4.69) is 34.5 Å². The third-order valence-corrected chi connectivity index (χ3v) is 4.68. The van der Waals surface area contributed by atoms with Gasteiger partial charge in [0.2, 0.25) is 0 Å². The lowest BCUT2D eigenvalue weighted by Gasteiger charge is -2.47. The van der Waals surface area contributed by atoms with Crippen molar-refractivity contribution in [3.8, 4) is 5.75 Å². The van der Waals surface area contributed by atoms with Crippen molar-refractivity contribution in [1.29, 1.82) is 0 Å². The van der Waals surface area contributed by atoms with Gasteiger partial charge >= 0.3 is 0 Å². The van der Waals surface area contributed by atoms with Crippen LogP contribution in [0.5, 0.6) is 5.75 Å². The first-order chi connectivity index (χ1) is 10.8. The minimum atomic E-state index is 0.360. The minimum Gasteiger partial charge on any atom is -0.488 e. The quantitative estimate of drug-likeness (QED) is 0.925. The summed E-state index contributed by atoms with van der Waals surface area (Å²) < 4.78 is 11.4. The highest BCUT2D eigenvalue weighted by Gasteiger charge is 2.45. The Balaban J connectivity index is 0.000000693. The molecule has 22 heavy (non-hydrogen) atoms. The molecule has 4 rings (SSSR count). The summed E-state index contributed by atoms with van der Waals surface area (Å²) in [6.07, 6.45) is 1.60. The van der Waals surface area contributed by atoms with E-state index < -0.39 is 0 Å². The van der Waals surface area contributed by atoms with Crippen molar-refractivity contribution in [3.63, 3.8) is 0 Å². The van der Waals surface area contributed by atoms with E-state index in [0.717, 1.165) is 38.6 Å². The first-order valence-corrected chi connectivity index (χ1v) is 8.58. The minimum absolute atomic E-state index is 0.360. The van der Waals surface area contributed by atoms with Gasteiger partial charge in [0.1, 0.15) is 11.9 Å². The first-order valence-electron chi connectivity index (χ1n) is 8.58. The summed E-state index contributed by atoms with van der Waals surface area (Å²) in [5.41, 5.74) is 1.86. The smallest absolute Gasteiger partial charge is 0.123 e. The predicted octanol–water partition coefficient (Wildman–Crippen LogP) is 2.29. The van der Waals surface area contributed by atoms with Gasteiger partial charge < -0.3 is 14.8 Å².